The number of aliphatic imine (C=N–C) groups is 1. The van der Waals surface area contributed by atoms with Gasteiger partial charge in [-0.2, -0.15) is 13.2 Å². The third-order valence-electron chi connectivity index (χ3n) is 6.14. The van der Waals surface area contributed by atoms with E-state index in [4.69, 9.17) is 20.9 Å². The zero-order valence-corrected chi connectivity index (χ0v) is 24.2. The first-order chi connectivity index (χ1) is 19.7. The highest BCUT2D eigenvalue weighted by atomic mass is 19.4. The number of carbonyl (C=O) groups is 2. The molecule has 1 fully saturated rings. The molecule has 0 radical (unpaired) electrons. The summed E-state index contributed by atoms with van der Waals surface area (Å²) >= 11 is 0. The van der Waals surface area contributed by atoms with Gasteiger partial charge in [-0.25, -0.2) is 4.79 Å². The molecule has 1 aromatic rings. The lowest BCUT2D eigenvalue weighted by molar-refractivity contribution is -0.151. The van der Waals surface area contributed by atoms with Crippen LogP contribution in [0.5, 0.6) is 0 Å². The van der Waals surface area contributed by atoms with E-state index in [1.165, 1.54) is 24.7 Å². The van der Waals surface area contributed by atoms with Crippen LogP contribution in [0.4, 0.5) is 13.2 Å². The first kappa shape index (κ1) is 35.9. The fraction of sp³-hybridized carbons (Fsp3) is 0.607. The molecule has 0 saturated heterocycles. The summed E-state index contributed by atoms with van der Waals surface area (Å²) < 4.78 is 48.7. The maximum absolute atomic E-state index is 12.8. The Bertz CT molecular complexity index is 949. The molecule has 1 amide bonds. The molecule has 1 aliphatic carbocycles. The number of amides is 1. The zero-order chi connectivity index (χ0) is 30.7. The largest absolute Gasteiger partial charge is 0.464 e. The molecule has 0 bridgehead atoms. The number of nitrogens with one attached hydrogen (secondary N) is 2. The quantitative estimate of drug-likeness (QED) is 0.140. The number of esters is 1. The van der Waals surface area contributed by atoms with E-state index in [-0.39, 0.29) is 37.2 Å². The summed E-state index contributed by atoms with van der Waals surface area (Å²) in [5.74, 6) is -0.472. The average Bonchev–Trinajstić information content (AvgIpc) is 2.95. The van der Waals surface area contributed by atoms with Gasteiger partial charge in [-0.3, -0.25) is 14.7 Å². The summed E-state index contributed by atoms with van der Waals surface area (Å²) in [6.07, 6.45) is 1.28. The molecule has 41 heavy (non-hydrogen) atoms. The second-order valence-electron chi connectivity index (χ2n) is 9.06. The van der Waals surface area contributed by atoms with Crippen LogP contribution in [-0.4, -0.2) is 81.2 Å². The van der Waals surface area contributed by atoms with Gasteiger partial charge in [0.1, 0.15) is 6.61 Å². The van der Waals surface area contributed by atoms with Crippen molar-refractivity contribution in [3.05, 3.63) is 41.6 Å². The Hall–Kier alpha value is -3.16. The van der Waals surface area contributed by atoms with Gasteiger partial charge in [0.25, 0.3) is 0 Å². The molecule has 0 unspecified atom stereocenters. The monoisotopic (exact) mass is 586 g/mol. The average molecular weight is 587 g/mol. The summed E-state index contributed by atoms with van der Waals surface area (Å²) in [4.78, 5) is 30.2. The molecule has 0 heterocycles. The zero-order valence-electron chi connectivity index (χ0n) is 24.2. The van der Waals surface area contributed by atoms with Crippen molar-refractivity contribution >= 4 is 23.9 Å². The van der Waals surface area contributed by atoms with E-state index in [0.717, 1.165) is 37.8 Å². The minimum atomic E-state index is -4.41. The SMILES string of the molecule is CC.CCOC(=O)COC1CCC(NC(=O)CN(CCN)CCN=CN/C(=C\N)c2ccc(C(F)(F)F)cc2)CC1. The lowest BCUT2D eigenvalue weighted by Gasteiger charge is -2.29. The maximum Gasteiger partial charge on any atom is 0.416 e. The van der Waals surface area contributed by atoms with Crippen LogP contribution in [-0.2, 0) is 25.2 Å². The number of hydrogen-bond acceptors (Lipinski definition) is 8. The van der Waals surface area contributed by atoms with Crippen LogP contribution in [0.3, 0.4) is 0 Å². The third kappa shape index (κ3) is 14.3. The molecule has 1 saturated carbocycles. The summed E-state index contributed by atoms with van der Waals surface area (Å²) in [6.45, 7) is 7.95. The Morgan fingerprint density at radius 3 is 2.34 bits per heavy atom. The normalized spacial score (nSPS) is 17.6. The molecule has 13 heteroatoms. The van der Waals surface area contributed by atoms with Crippen LogP contribution >= 0.6 is 0 Å². The molecule has 10 nitrogen and oxygen atoms in total. The van der Waals surface area contributed by atoms with E-state index in [1.807, 2.05) is 18.7 Å². The van der Waals surface area contributed by atoms with Crippen molar-refractivity contribution in [1.82, 2.24) is 15.5 Å². The van der Waals surface area contributed by atoms with E-state index in [1.54, 1.807) is 6.92 Å². The lowest BCUT2D eigenvalue weighted by atomic mass is 9.93. The Morgan fingerprint density at radius 2 is 1.78 bits per heavy atom. The number of benzene rings is 1. The minimum Gasteiger partial charge on any atom is -0.464 e. The van der Waals surface area contributed by atoms with Crippen LogP contribution in [0.2, 0.25) is 0 Å². The number of rotatable bonds is 15. The second kappa shape index (κ2) is 19.8. The van der Waals surface area contributed by atoms with Crippen LogP contribution in [0.15, 0.2) is 35.5 Å². The summed E-state index contributed by atoms with van der Waals surface area (Å²) in [6, 6.07) is 4.67. The van der Waals surface area contributed by atoms with Gasteiger partial charge in [0.2, 0.25) is 5.91 Å². The van der Waals surface area contributed by atoms with E-state index in [9.17, 15) is 22.8 Å². The first-order valence-electron chi connectivity index (χ1n) is 14.0. The fourth-order valence-electron chi connectivity index (χ4n) is 4.14. The number of hydrogen-bond donors (Lipinski definition) is 4. The van der Waals surface area contributed by atoms with Crippen LogP contribution in [0.1, 0.15) is 57.6 Å². The molecule has 0 atom stereocenters. The van der Waals surface area contributed by atoms with Crippen molar-refractivity contribution in [3.8, 4) is 0 Å². The van der Waals surface area contributed by atoms with Crippen molar-refractivity contribution in [1.29, 1.82) is 0 Å². The number of halogens is 3. The molecule has 6 N–H and O–H groups in total. The Labute approximate surface area is 240 Å². The van der Waals surface area contributed by atoms with Gasteiger partial charge in [0.15, 0.2) is 0 Å². The Morgan fingerprint density at radius 1 is 1.12 bits per heavy atom. The van der Waals surface area contributed by atoms with Gasteiger partial charge in [-0.05, 0) is 50.3 Å². The van der Waals surface area contributed by atoms with Gasteiger partial charge in [0, 0.05) is 31.9 Å². The van der Waals surface area contributed by atoms with Crippen molar-refractivity contribution in [3.63, 3.8) is 0 Å². The van der Waals surface area contributed by atoms with Crippen LogP contribution in [0, 0.1) is 0 Å². The predicted molar refractivity (Wildman–Crippen MR) is 154 cm³/mol. The fourth-order valence-corrected chi connectivity index (χ4v) is 4.14. The highest BCUT2D eigenvalue weighted by molar-refractivity contribution is 5.78. The number of nitrogens with zero attached hydrogens (tertiary/aromatic N) is 2. The smallest absolute Gasteiger partial charge is 0.416 e. The van der Waals surface area contributed by atoms with Crippen molar-refractivity contribution in [2.45, 2.75) is 64.8 Å². The topological polar surface area (TPSA) is 144 Å². The number of nitrogens with two attached hydrogens (primary N) is 2. The van der Waals surface area contributed by atoms with Crippen molar-refractivity contribution < 1.29 is 32.2 Å². The summed E-state index contributed by atoms with van der Waals surface area (Å²) in [5.41, 5.74) is 11.5. The molecule has 232 valence electrons. The van der Waals surface area contributed by atoms with Crippen LogP contribution < -0.4 is 22.1 Å². The molecular formula is C28H45F3N6O4. The van der Waals surface area contributed by atoms with Gasteiger partial charge in [-0.1, -0.05) is 26.0 Å². The minimum absolute atomic E-state index is 0.0170. The Balaban J connectivity index is 0.00000411. The Kier molecular flexibility index (Phi) is 17.4. The molecule has 2 rings (SSSR count). The van der Waals surface area contributed by atoms with Crippen LogP contribution in [0.25, 0.3) is 5.70 Å². The number of carbonyl (C=O) groups excluding carboxylic acids is 2. The highest BCUT2D eigenvalue weighted by Gasteiger charge is 2.30. The van der Waals surface area contributed by atoms with E-state index in [2.05, 4.69) is 15.6 Å². The second-order valence-corrected chi connectivity index (χ2v) is 9.06. The van der Waals surface area contributed by atoms with Gasteiger partial charge in [-0.15, -0.1) is 0 Å². The third-order valence-corrected chi connectivity index (χ3v) is 6.14. The summed E-state index contributed by atoms with van der Waals surface area (Å²) in [7, 11) is 0. The molecule has 0 aliphatic heterocycles. The van der Waals surface area contributed by atoms with Gasteiger partial charge in [0.05, 0.1) is 43.4 Å². The van der Waals surface area contributed by atoms with E-state index >= 15 is 0 Å². The predicted octanol–water partition coefficient (Wildman–Crippen LogP) is 2.87. The molecule has 0 aromatic heterocycles. The molecule has 1 aromatic carbocycles. The molecule has 0 spiro atoms. The van der Waals surface area contributed by atoms with Crippen molar-refractivity contribution in [2.75, 3.05) is 45.9 Å². The summed E-state index contributed by atoms with van der Waals surface area (Å²) in [5, 5.41) is 5.93. The van der Waals surface area contributed by atoms with E-state index < -0.39 is 11.7 Å². The highest BCUT2D eigenvalue weighted by Crippen LogP contribution is 2.29. The van der Waals surface area contributed by atoms with Gasteiger partial charge >= 0.3 is 12.1 Å². The maximum atomic E-state index is 12.8. The van der Waals surface area contributed by atoms with Crippen molar-refractivity contribution in [2.24, 2.45) is 16.5 Å². The molecular weight excluding hydrogens is 541 g/mol. The number of ether oxygens (including phenoxy) is 2. The lowest BCUT2D eigenvalue weighted by Crippen LogP contribution is -2.45. The van der Waals surface area contributed by atoms with Gasteiger partial charge < -0.3 is 31.6 Å². The first-order valence-corrected chi connectivity index (χ1v) is 14.0. The molecule has 1 aliphatic rings. The number of alkyl halides is 3. The standard InChI is InChI=1S/C26H39F3N6O4.C2H6/c1-2-38-25(37)17-39-22-9-7-21(8-10-22)34-24(36)16-35(13-11-30)14-12-32-18-33-23(15-31)19-3-5-20(6-4-19)26(27,28)29;1-2/h3-6,15,18,21-22H,2,7-14,16-17,30-31H2,1H3,(H,32,33)(H,34,36);1-2H3/b23-15-;. The van der Waals surface area contributed by atoms with E-state index in [0.29, 0.717) is 44.0 Å².